The second-order valence-corrected chi connectivity index (χ2v) is 5.75. The van der Waals surface area contributed by atoms with Crippen molar-refractivity contribution in [2.75, 3.05) is 44.2 Å². The Balaban J connectivity index is 1.86. The summed E-state index contributed by atoms with van der Waals surface area (Å²) in [5.74, 6) is 0.0736. The Kier molecular flexibility index (Phi) is 4.13. The summed E-state index contributed by atoms with van der Waals surface area (Å²) in [5, 5.41) is 3.93. The summed E-state index contributed by atoms with van der Waals surface area (Å²) in [5.41, 5.74) is 1.63. The predicted molar refractivity (Wildman–Crippen MR) is 81.7 cm³/mol. The van der Waals surface area contributed by atoms with Gasteiger partial charge in [0.15, 0.2) is 0 Å². The highest BCUT2D eigenvalue weighted by molar-refractivity contribution is 6.36. The number of hydrogen-bond donors (Lipinski definition) is 1. The van der Waals surface area contributed by atoms with E-state index in [0.29, 0.717) is 10.6 Å². The highest BCUT2D eigenvalue weighted by Gasteiger charge is 2.24. The minimum Gasteiger partial charge on any atom is -0.368 e. The van der Waals surface area contributed by atoms with Crippen LogP contribution in [0.1, 0.15) is 23.2 Å². The number of nitrogens with one attached hydrogen (secondary N) is 1. The second-order valence-electron chi connectivity index (χ2n) is 5.38. The normalized spacial score (nSPS) is 19.4. The summed E-state index contributed by atoms with van der Waals surface area (Å²) >= 11 is 6.51. The van der Waals surface area contributed by atoms with Gasteiger partial charge < -0.3 is 15.1 Å². The van der Waals surface area contributed by atoms with Crippen LogP contribution in [0.4, 0.5) is 5.69 Å². The fourth-order valence-corrected chi connectivity index (χ4v) is 3.25. The fraction of sp³-hybridized carbons (Fsp3) is 0.533. The van der Waals surface area contributed by atoms with Gasteiger partial charge in [0, 0.05) is 39.3 Å². The molecule has 0 atom stereocenters. The first-order chi connectivity index (χ1) is 9.77. The van der Waals surface area contributed by atoms with Crippen LogP contribution in [0.25, 0.3) is 0 Å². The van der Waals surface area contributed by atoms with Crippen molar-refractivity contribution < 1.29 is 4.79 Å². The lowest BCUT2D eigenvalue weighted by Gasteiger charge is -2.30. The molecule has 1 amide bonds. The van der Waals surface area contributed by atoms with Crippen LogP contribution in [0.3, 0.4) is 0 Å². The molecule has 1 N–H and O–H groups in total. The first-order valence-corrected chi connectivity index (χ1v) is 7.68. The van der Waals surface area contributed by atoms with Gasteiger partial charge in [-0.2, -0.15) is 0 Å². The number of nitrogens with zero attached hydrogens (tertiary/aromatic N) is 2. The van der Waals surface area contributed by atoms with E-state index in [1.54, 1.807) is 0 Å². The molecule has 0 bridgehead atoms. The van der Waals surface area contributed by atoms with E-state index in [-0.39, 0.29) is 5.91 Å². The first kappa shape index (κ1) is 13.7. The van der Waals surface area contributed by atoms with Crippen LogP contribution >= 0.6 is 11.6 Å². The summed E-state index contributed by atoms with van der Waals surface area (Å²) in [6.07, 6.45) is 2.20. The van der Waals surface area contributed by atoms with E-state index in [2.05, 4.69) is 10.2 Å². The topological polar surface area (TPSA) is 35.6 Å². The van der Waals surface area contributed by atoms with Crippen molar-refractivity contribution in [2.24, 2.45) is 0 Å². The standard InChI is InChI=1S/C15H20ClN3O/c16-14-12(15(20)19-8-1-2-9-19)4-3-5-13(14)18-10-6-17-7-11-18/h3-5,17H,1-2,6-11H2. The third kappa shape index (κ3) is 2.63. The monoisotopic (exact) mass is 293 g/mol. The van der Waals surface area contributed by atoms with Crippen LogP contribution in [0.2, 0.25) is 5.02 Å². The predicted octanol–water partition coefficient (Wildman–Crippen LogP) is 1.99. The van der Waals surface area contributed by atoms with Crippen molar-refractivity contribution in [1.29, 1.82) is 0 Å². The molecule has 0 spiro atoms. The van der Waals surface area contributed by atoms with Crippen LogP contribution in [0.15, 0.2) is 18.2 Å². The Morgan fingerprint density at radius 2 is 1.80 bits per heavy atom. The number of hydrogen-bond acceptors (Lipinski definition) is 3. The molecule has 0 saturated carbocycles. The average molecular weight is 294 g/mol. The van der Waals surface area contributed by atoms with Gasteiger partial charge in [-0.1, -0.05) is 17.7 Å². The Morgan fingerprint density at radius 3 is 2.50 bits per heavy atom. The molecule has 2 saturated heterocycles. The molecule has 0 unspecified atom stereocenters. The van der Waals surface area contributed by atoms with E-state index in [1.165, 1.54) is 0 Å². The lowest BCUT2D eigenvalue weighted by Crippen LogP contribution is -2.43. The zero-order valence-corrected chi connectivity index (χ0v) is 12.3. The summed E-state index contributed by atoms with van der Waals surface area (Å²) in [6, 6.07) is 5.79. The lowest BCUT2D eigenvalue weighted by atomic mass is 10.1. The molecule has 0 radical (unpaired) electrons. The molecule has 2 aliphatic heterocycles. The molecular weight excluding hydrogens is 274 g/mol. The number of likely N-dealkylation sites (tertiary alicyclic amines) is 1. The van der Waals surface area contributed by atoms with E-state index >= 15 is 0 Å². The number of benzene rings is 1. The smallest absolute Gasteiger partial charge is 0.255 e. The molecule has 3 rings (SSSR count). The van der Waals surface area contributed by atoms with Gasteiger partial charge in [-0.25, -0.2) is 0 Å². The minimum absolute atomic E-state index is 0.0736. The Bertz CT molecular complexity index is 494. The van der Waals surface area contributed by atoms with E-state index in [9.17, 15) is 4.79 Å². The lowest BCUT2D eigenvalue weighted by molar-refractivity contribution is 0.0793. The van der Waals surface area contributed by atoms with Gasteiger partial charge in [0.05, 0.1) is 16.3 Å². The third-order valence-electron chi connectivity index (χ3n) is 4.06. The number of rotatable bonds is 2. The van der Waals surface area contributed by atoms with Gasteiger partial charge in [0.25, 0.3) is 5.91 Å². The number of amides is 1. The molecular formula is C15H20ClN3O. The first-order valence-electron chi connectivity index (χ1n) is 7.31. The molecule has 0 aromatic heterocycles. The summed E-state index contributed by atoms with van der Waals surface area (Å²) in [7, 11) is 0. The Hall–Kier alpha value is -1.26. The molecule has 5 heteroatoms. The van der Waals surface area contributed by atoms with Crippen LogP contribution in [0.5, 0.6) is 0 Å². The van der Waals surface area contributed by atoms with Gasteiger partial charge in [-0.15, -0.1) is 0 Å². The maximum Gasteiger partial charge on any atom is 0.255 e. The SMILES string of the molecule is O=C(c1cccc(N2CCNCC2)c1Cl)N1CCCC1. The molecule has 2 heterocycles. The Morgan fingerprint density at radius 1 is 1.10 bits per heavy atom. The molecule has 20 heavy (non-hydrogen) atoms. The average Bonchev–Trinajstić information content (AvgIpc) is 3.02. The number of anilines is 1. The van der Waals surface area contributed by atoms with E-state index in [0.717, 1.165) is 57.8 Å². The van der Waals surface area contributed by atoms with Gasteiger partial charge in [-0.3, -0.25) is 4.79 Å². The molecule has 2 fully saturated rings. The fourth-order valence-electron chi connectivity index (χ4n) is 2.93. The second kappa shape index (κ2) is 6.02. The molecule has 2 aliphatic rings. The Labute approximate surface area is 124 Å². The summed E-state index contributed by atoms with van der Waals surface area (Å²) in [4.78, 5) is 16.7. The largest absolute Gasteiger partial charge is 0.368 e. The van der Waals surface area contributed by atoms with Crippen molar-refractivity contribution in [3.63, 3.8) is 0 Å². The highest BCUT2D eigenvalue weighted by Crippen LogP contribution is 2.31. The van der Waals surface area contributed by atoms with Gasteiger partial charge in [-0.05, 0) is 25.0 Å². The van der Waals surface area contributed by atoms with E-state index in [4.69, 9.17) is 11.6 Å². The van der Waals surface area contributed by atoms with Crippen molar-refractivity contribution in [1.82, 2.24) is 10.2 Å². The van der Waals surface area contributed by atoms with Crippen LogP contribution < -0.4 is 10.2 Å². The van der Waals surface area contributed by atoms with Gasteiger partial charge in [0.1, 0.15) is 0 Å². The van der Waals surface area contributed by atoms with Crippen molar-refractivity contribution >= 4 is 23.2 Å². The highest BCUT2D eigenvalue weighted by atomic mass is 35.5. The molecule has 1 aromatic rings. The number of carbonyl (C=O) groups is 1. The number of halogens is 1. The summed E-state index contributed by atoms with van der Waals surface area (Å²) in [6.45, 7) is 5.49. The third-order valence-corrected chi connectivity index (χ3v) is 4.46. The van der Waals surface area contributed by atoms with Crippen LogP contribution in [0, 0.1) is 0 Å². The maximum atomic E-state index is 12.5. The van der Waals surface area contributed by atoms with E-state index in [1.807, 2.05) is 23.1 Å². The van der Waals surface area contributed by atoms with Crippen molar-refractivity contribution in [3.05, 3.63) is 28.8 Å². The number of piperazine rings is 1. The number of carbonyl (C=O) groups excluding carboxylic acids is 1. The molecule has 108 valence electrons. The van der Waals surface area contributed by atoms with Crippen LogP contribution in [-0.4, -0.2) is 50.1 Å². The molecule has 0 aliphatic carbocycles. The van der Waals surface area contributed by atoms with Gasteiger partial charge in [0.2, 0.25) is 0 Å². The van der Waals surface area contributed by atoms with Crippen LogP contribution in [-0.2, 0) is 0 Å². The van der Waals surface area contributed by atoms with Gasteiger partial charge >= 0.3 is 0 Å². The maximum absolute atomic E-state index is 12.5. The zero-order valence-electron chi connectivity index (χ0n) is 11.6. The van der Waals surface area contributed by atoms with Crippen molar-refractivity contribution in [3.8, 4) is 0 Å². The quantitative estimate of drug-likeness (QED) is 0.906. The molecule has 4 nitrogen and oxygen atoms in total. The zero-order chi connectivity index (χ0) is 13.9. The van der Waals surface area contributed by atoms with Crippen molar-refractivity contribution in [2.45, 2.75) is 12.8 Å². The minimum atomic E-state index is 0.0736. The van der Waals surface area contributed by atoms with E-state index < -0.39 is 0 Å². The molecule has 1 aromatic carbocycles. The summed E-state index contributed by atoms with van der Waals surface area (Å²) < 4.78 is 0.